The van der Waals surface area contributed by atoms with E-state index in [1.165, 1.54) is 18.3 Å². The van der Waals surface area contributed by atoms with Gasteiger partial charge < -0.3 is 9.84 Å². The van der Waals surface area contributed by atoms with Crippen molar-refractivity contribution in [2.75, 3.05) is 0 Å². The molecule has 0 aliphatic rings. The topological polar surface area (TPSA) is 107 Å². The summed E-state index contributed by atoms with van der Waals surface area (Å²) in [6.45, 7) is 1.53. The van der Waals surface area contributed by atoms with Crippen molar-refractivity contribution in [2.24, 2.45) is 0 Å². The van der Waals surface area contributed by atoms with Crippen molar-refractivity contribution in [1.29, 1.82) is 0 Å². The standard InChI is InChI=1S/C12H10ClN3O5/c1-7-2-3-10(9(4-7)16(19)20)21-6-15-5-8(13)11(14-15)12(17)18/h2-5H,6H2,1H3,(H,17,18). The summed E-state index contributed by atoms with van der Waals surface area (Å²) in [6, 6.07) is 4.52. The monoisotopic (exact) mass is 311 g/mol. The lowest BCUT2D eigenvalue weighted by Crippen LogP contribution is -2.08. The van der Waals surface area contributed by atoms with Crippen LogP contribution in [0.4, 0.5) is 5.69 Å². The van der Waals surface area contributed by atoms with Crippen molar-refractivity contribution in [2.45, 2.75) is 13.7 Å². The zero-order valence-electron chi connectivity index (χ0n) is 10.8. The Morgan fingerprint density at radius 1 is 1.57 bits per heavy atom. The fourth-order valence-electron chi connectivity index (χ4n) is 1.64. The van der Waals surface area contributed by atoms with Gasteiger partial charge in [0.25, 0.3) is 0 Å². The largest absolute Gasteiger partial charge is 0.476 e. The van der Waals surface area contributed by atoms with Crippen LogP contribution in [0.25, 0.3) is 0 Å². The predicted octanol–water partition coefficient (Wildman–Crippen LogP) is 2.49. The second kappa shape index (κ2) is 5.80. The number of carboxylic acid groups (broad SMARTS) is 1. The zero-order chi connectivity index (χ0) is 15.6. The van der Waals surface area contributed by atoms with E-state index in [9.17, 15) is 14.9 Å². The van der Waals surface area contributed by atoms with Crippen molar-refractivity contribution >= 4 is 23.3 Å². The van der Waals surface area contributed by atoms with Gasteiger partial charge in [-0.25, -0.2) is 9.48 Å². The van der Waals surface area contributed by atoms with Gasteiger partial charge in [0, 0.05) is 12.3 Å². The number of aromatic carboxylic acids is 1. The maximum absolute atomic E-state index is 10.9. The van der Waals surface area contributed by atoms with E-state index in [0.717, 1.165) is 10.2 Å². The van der Waals surface area contributed by atoms with Crippen molar-refractivity contribution in [1.82, 2.24) is 9.78 Å². The molecule has 110 valence electrons. The molecular weight excluding hydrogens is 302 g/mol. The Hall–Kier alpha value is -2.61. The number of nitro groups is 1. The lowest BCUT2D eigenvalue weighted by molar-refractivity contribution is -0.386. The van der Waals surface area contributed by atoms with Gasteiger partial charge in [0.15, 0.2) is 18.2 Å². The van der Waals surface area contributed by atoms with Crippen LogP contribution in [0.1, 0.15) is 16.1 Å². The van der Waals surface area contributed by atoms with E-state index in [2.05, 4.69) is 5.10 Å². The Bertz CT molecular complexity index is 713. The van der Waals surface area contributed by atoms with Crippen LogP contribution in [0.15, 0.2) is 24.4 Å². The quantitative estimate of drug-likeness (QED) is 0.671. The van der Waals surface area contributed by atoms with E-state index in [1.807, 2.05) is 0 Å². The van der Waals surface area contributed by atoms with E-state index in [4.69, 9.17) is 21.4 Å². The van der Waals surface area contributed by atoms with Gasteiger partial charge in [-0.3, -0.25) is 10.1 Å². The lowest BCUT2D eigenvalue weighted by Gasteiger charge is -2.07. The highest BCUT2D eigenvalue weighted by atomic mass is 35.5. The third kappa shape index (κ3) is 3.29. The SMILES string of the molecule is Cc1ccc(OCn2cc(Cl)c(C(=O)O)n2)c([N+](=O)[O-])c1. The van der Waals surface area contributed by atoms with Gasteiger partial charge in [-0.2, -0.15) is 5.10 Å². The minimum Gasteiger partial charge on any atom is -0.476 e. The fraction of sp³-hybridized carbons (Fsp3) is 0.167. The van der Waals surface area contributed by atoms with Crippen molar-refractivity contribution in [3.05, 3.63) is 50.8 Å². The lowest BCUT2D eigenvalue weighted by atomic mass is 10.2. The van der Waals surface area contributed by atoms with Crippen LogP contribution in [0.3, 0.4) is 0 Å². The molecule has 0 radical (unpaired) electrons. The number of halogens is 1. The van der Waals surface area contributed by atoms with Crippen LogP contribution in [-0.2, 0) is 6.73 Å². The fourth-order valence-corrected chi connectivity index (χ4v) is 1.87. The summed E-state index contributed by atoms with van der Waals surface area (Å²) in [6.07, 6.45) is 1.27. The summed E-state index contributed by atoms with van der Waals surface area (Å²) in [7, 11) is 0. The van der Waals surface area contributed by atoms with Crippen LogP contribution in [-0.4, -0.2) is 25.8 Å². The molecule has 1 aromatic heterocycles. The summed E-state index contributed by atoms with van der Waals surface area (Å²) >= 11 is 5.70. The van der Waals surface area contributed by atoms with E-state index in [0.29, 0.717) is 0 Å². The van der Waals surface area contributed by atoms with E-state index in [1.54, 1.807) is 13.0 Å². The molecule has 0 saturated carbocycles. The second-order valence-corrected chi connectivity index (χ2v) is 4.58. The number of carboxylic acids is 1. The molecule has 1 N–H and O–H groups in total. The molecule has 0 aliphatic heterocycles. The van der Waals surface area contributed by atoms with Gasteiger partial charge in [-0.1, -0.05) is 17.7 Å². The Balaban J connectivity index is 2.19. The van der Waals surface area contributed by atoms with Gasteiger partial charge in [-0.15, -0.1) is 0 Å². The summed E-state index contributed by atoms with van der Waals surface area (Å²) in [5.74, 6) is -1.20. The molecular formula is C12H10ClN3O5. The minimum atomic E-state index is -1.26. The number of carbonyl (C=O) groups is 1. The molecule has 0 amide bonds. The maximum atomic E-state index is 10.9. The molecule has 2 rings (SSSR count). The molecule has 0 unspecified atom stereocenters. The highest BCUT2D eigenvalue weighted by Crippen LogP contribution is 2.28. The zero-order valence-corrected chi connectivity index (χ0v) is 11.6. The molecule has 1 aromatic carbocycles. The number of hydrogen-bond donors (Lipinski definition) is 1. The number of rotatable bonds is 5. The summed E-state index contributed by atoms with van der Waals surface area (Å²) in [4.78, 5) is 21.2. The first kappa shape index (κ1) is 14.8. The van der Waals surface area contributed by atoms with E-state index < -0.39 is 10.9 Å². The smallest absolute Gasteiger partial charge is 0.357 e. The Morgan fingerprint density at radius 3 is 2.86 bits per heavy atom. The van der Waals surface area contributed by atoms with Gasteiger partial charge in [0.2, 0.25) is 0 Å². The number of nitrogens with zero attached hydrogens (tertiary/aromatic N) is 3. The van der Waals surface area contributed by atoms with Crippen molar-refractivity contribution < 1.29 is 19.6 Å². The molecule has 0 aliphatic carbocycles. The molecule has 0 atom stereocenters. The number of hydrogen-bond acceptors (Lipinski definition) is 5. The first-order chi connectivity index (χ1) is 9.88. The number of ether oxygens (including phenoxy) is 1. The first-order valence-corrected chi connectivity index (χ1v) is 6.10. The average molecular weight is 312 g/mol. The van der Waals surface area contributed by atoms with E-state index >= 15 is 0 Å². The van der Waals surface area contributed by atoms with Gasteiger partial charge in [0.05, 0.1) is 9.95 Å². The second-order valence-electron chi connectivity index (χ2n) is 4.17. The molecule has 1 heterocycles. The Kier molecular flexibility index (Phi) is 4.08. The molecule has 0 bridgehead atoms. The summed E-state index contributed by atoms with van der Waals surface area (Å²) in [5.41, 5.74) is 0.245. The van der Waals surface area contributed by atoms with Crippen molar-refractivity contribution in [3.63, 3.8) is 0 Å². The van der Waals surface area contributed by atoms with Gasteiger partial charge in [-0.05, 0) is 18.6 Å². The maximum Gasteiger partial charge on any atom is 0.357 e. The number of benzene rings is 1. The molecule has 9 heteroatoms. The van der Waals surface area contributed by atoms with Crippen LogP contribution in [0.5, 0.6) is 5.75 Å². The van der Waals surface area contributed by atoms with Crippen LogP contribution >= 0.6 is 11.6 Å². The highest BCUT2D eigenvalue weighted by Gasteiger charge is 2.17. The van der Waals surface area contributed by atoms with Crippen molar-refractivity contribution in [3.8, 4) is 5.75 Å². The number of aryl methyl sites for hydroxylation is 1. The molecule has 8 nitrogen and oxygen atoms in total. The van der Waals surface area contributed by atoms with Crippen LogP contribution in [0, 0.1) is 17.0 Å². The first-order valence-electron chi connectivity index (χ1n) is 5.72. The molecule has 0 saturated heterocycles. The third-order valence-electron chi connectivity index (χ3n) is 2.58. The van der Waals surface area contributed by atoms with Crippen LogP contribution in [0.2, 0.25) is 5.02 Å². The number of aromatic nitrogens is 2. The molecule has 21 heavy (non-hydrogen) atoms. The highest BCUT2D eigenvalue weighted by molar-refractivity contribution is 6.33. The molecule has 0 spiro atoms. The van der Waals surface area contributed by atoms with E-state index in [-0.39, 0.29) is 28.9 Å². The summed E-state index contributed by atoms with van der Waals surface area (Å²) < 4.78 is 6.44. The Morgan fingerprint density at radius 2 is 2.29 bits per heavy atom. The van der Waals surface area contributed by atoms with Gasteiger partial charge in [0.1, 0.15) is 0 Å². The minimum absolute atomic E-state index is 0.0375. The van der Waals surface area contributed by atoms with Crippen LogP contribution < -0.4 is 4.74 Å². The average Bonchev–Trinajstić information content (AvgIpc) is 2.78. The molecule has 0 fully saturated rings. The number of nitro benzene ring substituents is 1. The Labute approximate surface area is 123 Å². The summed E-state index contributed by atoms with van der Waals surface area (Å²) in [5, 5.41) is 23.4. The molecule has 2 aromatic rings. The normalized spacial score (nSPS) is 10.4. The predicted molar refractivity (Wildman–Crippen MR) is 72.7 cm³/mol. The van der Waals surface area contributed by atoms with Gasteiger partial charge >= 0.3 is 11.7 Å². The third-order valence-corrected chi connectivity index (χ3v) is 2.86.